The number of sulfonamides is 5. The van der Waals surface area contributed by atoms with E-state index >= 15 is 0 Å². The molecular formula is C80H60Cl8F3N9O18S5. The zero-order valence-electron chi connectivity index (χ0n) is 63.7. The molecule has 12 aromatic rings. The number of ketones is 4. The Morgan fingerprint density at radius 1 is 0.350 bits per heavy atom. The highest BCUT2D eigenvalue weighted by molar-refractivity contribution is 7.93. The van der Waals surface area contributed by atoms with Gasteiger partial charge in [-0.2, -0.15) is 0 Å². The van der Waals surface area contributed by atoms with Gasteiger partial charge >= 0.3 is 12.3 Å². The molecule has 4 aromatic heterocycles. The number of hydrogen-bond acceptors (Lipinski definition) is 21. The van der Waals surface area contributed by atoms with Crippen molar-refractivity contribution >= 4 is 200 Å². The lowest BCUT2D eigenvalue weighted by Crippen LogP contribution is -2.20. The van der Waals surface area contributed by atoms with E-state index in [-0.39, 0.29) is 117 Å². The van der Waals surface area contributed by atoms with Crippen molar-refractivity contribution in [3.8, 4) is 11.5 Å². The van der Waals surface area contributed by atoms with Crippen LogP contribution in [-0.2, 0) is 50.1 Å². The van der Waals surface area contributed by atoms with Crippen LogP contribution in [-0.4, -0.2) is 116 Å². The summed E-state index contributed by atoms with van der Waals surface area (Å²) >= 11 is 47.4. The predicted molar refractivity (Wildman–Crippen MR) is 463 cm³/mol. The van der Waals surface area contributed by atoms with Gasteiger partial charge in [0.25, 0.3) is 40.1 Å². The molecule has 12 rings (SSSR count). The predicted octanol–water partition coefficient (Wildman–Crippen LogP) is 18.9. The molecule has 0 amide bonds. The minimum atomic E-state index is -5.05. The van der Waals surface area contributed by atoms with E-state index in [0.717, 1.165) is 42.3 Å². The molecule has 6 N–H and O–H groups in total. The van der Waals surface area contributed by atoms with E-state index in [2.05, 4.69) is 48.3 Å². The van der Waals surface area contributed by atoms with Crippen molar-refractivity contribution in [1.29, 1.82) is 0 Å². The maximum absolute atomic E-state index is 13.2. The molecule has 123 heavy (non-hydrogen) atoms. The molecule has 0 saturated heterocycles. The number of anilines is 5. The Bertz CT molecular complexity index is 6810. The third kappa shape index (κ3) is 25.4. The number of aromatic nitrogens is 4. The average molecular weight is 1940 g/mol. The Balaban J connectivity index is 0.000000186. The van der Waals surface area contributed by atoms with Crippen molar-refractivity contribution in [2.24, 2.45) is 0 Å². The minimum Gasteiger partial charge on any atom is -0.496 e. The Kier molecular flexibility index (Phi) is 31.2. The first-order chi connectivity index (χ1) is 57.5. The van der Waals surface area contributed by atoms with Gasteiger partial charge in [-0.1, -0.05) is 153 Å². The van der Waals surface area contributed by atoms with E-state index in [1.54, 1.807) is 76.2 Å². The number of nitrogens with one attached hydrogen (secondary N) is 5. The van der Waals surface area contributed by atoms with Crippen LogP contribution in [0.3, 0.4) is 0 Å². The lowest BCUT2D eigenvalue weighted by atomic mass is 9.98. The number of carbonyl (C=O) groups is 5. The molecule has 0 unspecified atom stereocenters. The summed E-state index contributed by atoms with van der Waals surface area (Å²) in [6.07, 6.45) is 0.581. The smallest absolute Gasteiger partial charge is 0.496 e. The number of carboxylic acids is 1. The molecule has 4 heterocycles. The number of carboxylic acid groups (broad SMARTS) is 1. The Hall–Kier alpha value is -11.0. The number of methoxy groups -OCH3 is 1. The normalized spacial score (nSPS) is 11.5. The molecule has 0 radical (unpaired) electrons. The summed E-state index contributed by atoms with van der Waals surface area (Å²) in [6, 6.07) is 44.5. The second-order valence-corrected chi connectivity index (χ2v) is 37.5. The first kappa shape index (κ1) is 95.8. The first-order valence-corrected chi connectivity index (χ1v) is 45.3. The zero-order chi connectivity index (χ0) is 90.6. The van der Waals surface area contributed by atoms with E-state index in [1.807, 2.05) is 0 Å². The number of aromatic carboxylic acids is 1. The van der Waals surface area contributed by atoms with Gasteiger partial charge in [-0.15, -0.1) is 13.2 Å². The van der Waals surface area contributed by atoms with Gasteiger partial charge in [0.05, 0.1) is 108 Å². The van der Waals surface area contributed by atoms with Crippen LogP contribution in [0.15, 0.2) is 238 Å². The summed E-state index contributed by atoms with van der Waals surface area (Å²) in [5.41, 5.74) is 0.130. The van der Waals surface area contributed by atoms with E-state index in [0.29, 0.717) is 32.5 Å². The number of alkyl halides is 3. The highest BCUT2D eigenvalue weighted by atomic mass is 35.5. The third-order valence-electron chi connectivity index (χ3n) is 16.5. The van der Waals surface area contributed by atoms with Gasteiger partial charge in [0, 0.05) is 46.0 Å². The number of halogens is 11. The number of rotatable bonds is 25. The lowest BCUT2D eigenvalue weighted by molar-refractivity contribution is -0.274. The number of ether oxygens (including phenoxy) is 2. The van der Waals surface area contributed by atoms with Crippen LogP contribution in [0.2, 0.25) is 40.2 Å². The quantitative estimate of drug-likeness (QED) is 0.0289. The first-order valence-electron chi connectivity index (χ1n) is 34.4. The van der Waals surface area contributed by atoms with Crippen LogP contribution < -0.4 is 33.1 Å². The van der Waals surface area contributed by atoms with Crippen LogP contribution in [0.5, 0.6) is 11.5 Å². The van der Waals surface area contributed by atoms with Gasteiger partial charge < -0.3 is 14.6 Å². The lowest BCUT2D eigenvalue weighted by Gasteiger charge is -2.15. The molecule has 27 nitrogen and oxygen atoms in total. The van der Waals surface area contributed by atoms with Crippen LogP contribution in [0.1, 0.15) is 96.8 Å². The molecule has 0 atom stereocenters. The molecule has 0 bridgehead atoms. The Labute approximate surface area is 742 Å². The minimum absolute atomic E-state index is 0.00934. The van der Waals surface area contributed by atoms with Gasteiger partial charge in [-0.3, -0.25) is 42.8 Å². The summed E-state index contributed by atoms with van der Waals surface area (Å²) in [6.45, 7) is 6.79. The fourth-order valence-corrected chi connectivity index (χ4v) is 17.2. The molecule has 0 aliphatic rings. The number of nitrogens with zero attached hydrogens (tertiary/aromatic N) is 4. The topological polar surface area (TPSA) is 406 Å². The highest BCUT2D eigenvalue weighted by Crippen LogP contribution is 2.36. The highest BCUT2D eigenvalue weighted by Gasteiger charge is 2.35. The summed E-state index contributed by atoms with van der Waals surface area (Å²) in [7, 11) is -18.7. The van der Waals surface area contributed by atoms with Crippen molar-refractivity contribution in [3.05, 3.63) is 332 Å². The van der Waals surface area contributed by atoms with Gasteiger partial charge in [0.15, 0.2) is 0 Å². The SMILES string of the molecule is COc1ccccc1C(=O)c1ncc(Cl)cc1NS(=O)(=O)c1cccc(C)c1.Cc1cc(S(=O)(=O)Nc2cc(Cl)cnc2C(=O)c2ccccc2NS(C)(=O)=O)ccc1Cl.Cc1ccc(C(=O)c2ncc(Cl)cc2NS(=O)(=O)c2ccc(Cl)c(C)c2)c(C(=O)O)c1.O=C(c1ccccc1OC(F)(F)F)c1ncc(Cl)cc1NS(=O)(=O)c1ccc(Cl)c(Cl)c1. The van der Waals surface area contributed by atoms with Crippen molar-refractivity contribution in [3.63, 3.8) is 0 Å². The molecular weight excluding hydrogens is 1880 g/mol. The van der Waals surface area contributed by atoms with Crippen molar-refractivity contribution < 1.29 is 93.8 Å². The summed E-state index contributed by atoms with van der Waals surface area (Å²) in [5.74, 6) is -4.71. The van der Waals surface area contributed by atoms with Gasteiger partial charge in [-0.05, 0) is 184 Å². The molecule has 0 aliphatic heterocycles. The fraction of sp³-hybridized carbons (Fsp3) is 0.0875. The maximum Gasteiger partial charge on any atom is 0.573 e. The molecule has 0 fully saturated rings. The van der Waals surface area contributed by atoms with Crippen LogP contribution in [0, 0.1) is 27.7 Å². The van der Waals surface area contributed by atoms with E-state index in [1.165, 1.54) is 147 Å². The summed E-state index contributed by atoms with van der Waals surface area (Å²) in [4.78, 5) is 79.4. The van der Waals surface area contributed by atoms with Gasteiger partial charge in [0.1, 0.15) is 34.3 Å². The van der Waals surface area contributed by atoms with E-state index in [4.69, 9.17) is 97.5 Å². The molecule has 640 valence electrons. The fourth-order valence-electron chi connectivity index (χ4n) is 10.8. The van der Waals surface area contributed by atoms with Crippen molar-refractivity contribution in [1.82, 2.24) is 19.9 Å². The summed E-state index contributed by atoms with van der Waals surface area (Å²) < 4.78 is 185. The van der Waals surface area contributed by atoms with Gasteiger partial charge in [-0.25, -0.2) is 66.8 Å². The van der Waals surface area contributed by atoms with Crippen LogP contribution in [0.25, 0.3) is 0 Å². The van der Waals surface area contributed by atoms with E-state index < -0.39 is 103 Å². The molecule has 0 spiro atoms. The van der Waals surface area contributed by atoms with Crippen molar-refractivity contribution in [2.45, 2.75) is 53.6 Å². The zero-order valence-corrected chi connectivity index (χ0v) is 73.8. The second kappa shape index (κ2) is 40.1. The number of carbonyl (C=O) groups excluding carboxylic acids is 4. The number of aryl methyl sites for hydroxylation is 4. The molecule has 43 heteroatoms. The number of pyridine rings is 4. The van der Waals surface area contributed by atoms with E-state index in [9.17, 15) is 84.3 Å². The average Bonchev–Trinajstić information content (AvgIpc) is 0.795. The number of hydrogen-bond donors (Lipinski definition) is 6. The second-order valence-electron chi connectivity index (χ2n) is 25.7. The Morgan fingerprint density at radius 2 is 0.699 bits per heavy atom. The summed E-state index contributed by atoms with van der Waals surface area (Å²) in [5, 5.41) is 10.7. The standard InChI is InChI=1S/C21H16Cl2N2O5S.C20H17Cl2N3O5S2.C20H17ClN2O4S.C19H10Cl3F3N2O4S/c1-11-3-5-15(16(7-11)21(27)28)20(26)19-18(9-13(22)10-24-19)25-31(29,30)14-4-6-17(23)12(2)8-14;1-12-9-14(7-8-16(12)22)32(29,30)25-18-10-13(21)11-23-19(18)20(26)15-5-3-4-6-17(15)24-31(2,27)28;1-13-6-5-7-15(10-13)28(25,26)23-17-11-14(21)12-22-19(17)20(24)16-8-3-4-9-18(16)27-2;20-10-7-15(27-32(29,30)11-5-6-13(21)14(22)8-11)17(26-9-10)18(28)12-3-1-2-4-16(12)31-19(23,24)25/h3-10,25H,1-2H3,(H,27,28);3-11,24-25H,1-2H3;3-12,23H,1-2H3;1-9,27H. The molecule has 0 aliphatic carbocycles. The number of benzene rings is 8. The Morgan fingerprint density at radius 3 is 1.08 bits per heavy atom. The molecule has 0 saturated carbocycles. The number of para-hydroxylation sites is 3. The molecule has 8 aromatic carbocycles. The van der Waals surface area contributed by atoms with Crippen molar-refractivity contribution in [2.75, 3.05) is 37.0 Å². The maximum atomic E-state index is 13.2. The van der Waals surface area contributed by atoms with Crippen LogP contribution >= 0.6 is 92.8 Å². The van der Waals surface area contributed by atoms with Gasteiger partial charge in [0.2, 0.25) is 33.2 Å². The monoisotopic (exact) mass is 1930 g/mol. The largest absolute Gasteiger partial charge is 0.573 e. The third-order valence-corrected chi connectivity index (χ3v) is 24.9. The van der Waals surface area contributed by atoms with Crippen LogP contribution in [0.4, 0.5) is 41.6 Å².